The molecule has 0 spiro atoms. The summed E-state index contributed by atoms with van der Waals surface area (Å²) in [5, 5.41) is 0. The smallest absolute Gasteiger partial charge is 0.263 e. The summed E-state index contributed by atoms with van der Waals surface area (Å²) in [6, 6.07) is 6.90. The highest BCUT2D eigenvalue weighted by Gasteiger charge is 2.29. The van der Waals surface area contributed by atoms with Crippen molar-refractivity contribution in [3.63, 3.8) is 0 Å². The minimum Gasteiger partial charge on any atom is -0.472 e. The molecule has 0 bridgehead atoms. The van der Waals surface area contributed by atoms with Gasteiger partial charge in [0.25, 0.3) is 11.5 Å². The zero-order valence-electron chi connectivity index (χ0n) is 12.6. The van der Waals surface area contributed by atoms with E-state index in [2.05, 4.69) is 20.9 Å². The lowest BCUT2D eigenvalue weighted by Crippen LogP contribution is -2.35. The van der Waals surface area contributed by atoms with Gasteiger partial charge in [-0.15, -0.1) is 0 Å². The summed E-state index contributed by atoms with van der Waals surface area (Å²) in [5.74, 6) is 0.282. The number of aryl methyl sites for hydroxylation is 1. The molecule has 3 rings (SSSR count). The minimum atomic E-state index is -0.281. The normalized spacial score (nSPS) is 17.3. The lowest BCUT2D eigenvalue weighted by molar-refractivity contribution is 0.0769. The maximum absolute atomic E-state index is 12.5. The maximum atomic E-state index is 12.5. The van der Waals surface area contributed by atoms with Crippen molar-refractivity contribution in [3.8, 4) is 5.88 Å². The number of hydrogen-bond acceptors (Lipinski definition) is 4. The van der Waals surface area contributed by atoms with E-state index in [1.165, 1.54) is 4.57 Å². The summed E-state index contributed by atoms with van der Waals surface area (Å²) in [6.07, 6.45) is 3.91. The van der Waals surface area contributed by atoms with Crippen molar-refractivity contribution >= 4 is 21.8 Å². The van der Waals surface area contributed by atoms with Crippen LogP contribution in [0.4, 0.5) is 0 Å². The van der Waals surface area contributed by atoms with Crippen LogP contribution in [0.3, 0.4) is 0 Å². The molecule has 0 aliphatic carbocycles. The van der Waals surface area contributed by atoms with Crippen LogP contribution in [0.25, 0.3) is 0 Å². The molecule has 0 saturated carbocycles. The van der Waals surface area contributed by atoms with E-state index in [9.17, 15) is 9.59 Å². The lowest BCUT2D eigenvalue weighted by Gasteiger charge is -2.17. The zero-order chi connectivity index (χ0) is 16.4. The Morgan fingerprint density at radius 3 is 2.96 bits per heavy atom. The Bertz CT molecular complexity index is 773. The predicted octanol–water partition coefficient (Wildman–Crippen LogP) is 1.84. The molecule has 1 aliphatic rings. The van der Waals surface area contributed by atoms with Gasteiger partial charge in [-0.05, 0) is 34.1 Å². The molecule has 0 aromatic carbocycles. The molecule has 1 fully saturated rings. The topological polar surface area (TPSA) is 64.4 Å². The van der Waals surface area contributed by atoms with Crippen LogP contribution in [0.2, 0.25) is 0 Å². The fourth-order valence-corrected chi connectivity index (χ4v) is 2.78. The molecule has 1 unspecified atom stereocenters. The summed E-state index contributed by atoms with van der Waals surface area (Å²) in [5.41, 5.74) is -0.0890. The number of hydrogen-bond donors (Lipinski definition) is 0. The first-order valence-electron chi connectivity index (χ1n) is 7.28. The van der Waals surface area contributed by atoms with Crippen molar-refractivity contribution in [2.45, 2.75) is 12.5 Å². The number of carbonyl (C=O) groups excluding carboxylic acids is 1. The van der Waals surface area contributed by atoms with Crippen molar-refractivity contribution in [3.05, 3.63) is 57.0 Å². The van der Waals surface area contributed by atoms with Crippen molar-refractivity contribution in [1.82, 2.24) is 14.5 Å². The van der Waals surface area contributed by atoms with Crippen molar-refractivity contribution < 1.29 is 9.53 Å². The molecular weight excluding hydrogens is 362 g/mol. The van der Waals surface area contributed by atoms with Gasteiger partial charge in [0.15, 0.2) is 0 Å². The second-order valence-corrected chi connectivity index (χ2v) is 6.35. The molecule has 6 nitrogen and oxygen atoms in total. The van der Waals surface area contributed by atoms with Gasteiger partial charge in [-0.2, -0.15) is 0 Å². The molecule has 1 aliphatic heterocycles. The third kappa shape index (κ3) is 3.44. The van der Waals surface area contributed by atoms with Crippen LogP contribution in [0.1, 0.15) is 16.8 Å². The maximum Gasteiger partial charge on any atom is 0.263 e. The first-order chi connectivity index (χ1) is 11.0. The number of amides is 1. The van der Waals surface area contributed by atoms with Crippen LogP contribution in [0.5, 0.6) is 5.88 Å². The molecule has 1 amide bonds. The highest BCUT2D eigenvalue weighted by molar-refractivity contribution is 9.10. The van der Waals surface area contributed by atoms with Gasteiger partial charge in [0.05, 0.1) is 6.54 Å². The van der Waals surface area contributed by atoms with E-state index in [0.29, 0.717) is 19.0 Å². The molecular formula is C16H16BrN3O3. The predicted molar refractivity (Wildman–Crippen MR) is 88.6 cm³/mol. The molecule has 120 valence electrons. The standard InChI is InChI=1S/C16H16BrN3O3/c1-19-7-2-3-13(15(19)21)16(22)20-8-6-12(10-20)23-14-5-4-11(17)9-18-14/h2-5,7,9,12H,6,8,10H2,1H3. The Morgan fingerprint density at radius 1 is 1.39 bits per heavy atom. The van der Waals surface area contributed by atoms with Gasteiger partial charge in [-0.1, -0.05) is 0 Å². The second-order valence-electron chi connectivity index (χ2n) is 5.43. The number of rotatable bonds is 3. The van der Waals surface area contributed by atoms with Crippen LogP contribution in [-0.2, 0) is 7.05 Å². The molecule has 1 atom stereocenters. The zero-order valence-corrected chi connectivity index (χ0v) is 14.2. The van der Waals surface area contributed by atoms with Gasteiger partial charge in [0.1, 0.15) is 11.7 Å². The van der Waals surface area contributed by atoms with Gasteiger partial charge < -0.3 is 14.2 Å². The molecule has 1 saturated heterocycles. The molecule has 0 radical (unpaired) electrons. The fraction of sp³-hybridized carbons (Fsp3) is 0.312. The van der Waals surface area contributed by atoms with Crippen molar-refractivity contribution in [2.75, 3.05) is 13.1 Å². The number of pyridine rings is 2. The summed E-state index contributed by atoms with van der Waals surface area (Å²) in [6.45, 7) is 1.02. The largest absolute Gasteiger partial charge is 0.472 e. The molecule has 3 heterocycles. The molecule has 7 heteroatoms. The van der Waals surface area contributed by atoms with E-state index in [1.54, 1.807) is 42.5 Å². The van der Waals surface area contributed by atoms with Crippen LogP contribution >= 0.6 is 15.9 Å². The first kappa shape index (κ1) is 15.7. The summed E-state index contributed by atoms with van der Waals surface area (Å²) in [7, 11) is 1.63. The van der Waals surface area contributed by atoms with Crippen LogP contribution in [0, 0.1) is 0 Å². The molecule has 0 N–H and O–H groups in total. The Kier molecular flexibility index (Phi) is 4.47. The Hall–Kier alpha value is -2.15. The number of halogens is 1. The summed E-state index contributed by atoms with van der Waals surface area (Å²) < 4.78 is 8.08. The first-order valence-corrected chi connectivity index (χ1v) is 8.07. The van der Waals surface area contributed by atoms with Gasteiger partial charge in [0, 0.05) is 42.9 Å². The van der Waals surface area contributed by atoms with E-state index >= 15 is 0 Å². The third-order valence-electron chi connectivity index (χ3n) is 3.77. The van der Waals surface area contributed by atoms with E-state index in [4.69, 9.17) is 4.74 Å². The number of carbonyl (C=O) groups is 1. The van der Waals surface area contributed by atoms with E-state index in [-0.39, 0.29) is 23.1 Å². The van der Waals surface area contributed by atoms with Gasteiger partial charge in [-0.3, -0.25) is 9.59 Å². The van der Waals surface area contributed by atoms with Crippen molar-refractivity contribution in [2.24, 2.45) is 7.05 Å². The SMILES string of the molecule is Cn1cccc(C(=O)N2CCC(Oc3ccc(Br)cn3)C2)c1=O. The van der Waals surface area contributed by atoms with Gasteiger partial charge in [0.2, 0.25) is 5.88 Å². The quantitative estimate of drug-likeness (QED) is 0.818. The Morgan fingerprint density at radius 2 is 2.22 bits per heavy atom. The second kappa shape index (κ2) is 6.54. The van der Waals surface area contributed by atoms with Gasteiger partial charge in [-0.25, -0.2) is 4.98 Å². The highest BCUT2D eigenvalue weighted by Crippen LogP contribution is 2.19. The Balaban J connectivity index is 1.67. The average Bonchev–Trinajstić information content (AvgIpc) is 3.00. The summed E-state index contributed by atoms with van der Waals surface area (Å²) >= 11 is 3.32. The Labute approximate surface area is 141 Å². The average molecular weight is 378 g/mol. The number of nitrogens with zero attached hydrogens (tertiary/aromatic N) is 3. The monoisotopic (exact) mass is 377 g/mol. The third-order valence-corrected chi connectivity index (χ3v) is 4.24. The minimum absolute atomic E-state index is 0.111. The van der Waals surface area contributed by atoms with E-state index < -0.39 is 0 Å². The number of ether oxygens (including phenoxy) is 1. The lowest BCUT2D eigenvalue weighted by atomic mass is 10.2. The van der Waals surface area contributed by atoms with Crippen LogP contribution in [-0.4, -0.2) is 39.6 Å². The summed E-state index contributed by atoms with van der Waals surface area (Å²) in [4.78, 5) is 30.4. The van der Waals surface area contributed by atoms with Crippen LogP contribution in [0.15, 0.2) is 45.9 Å². The number of likely N-dealkylation sites (tertiary alicyclic amines) is 1. The van der Waals surface area contributed by atoms with Crippen LogP contribution < -0.4 is 10.3 Å². The van der Waals surface area contributed by atoms with Crippen molar-refractivity contribution in [1.29, 1.82) is 0 Å². The molecule has 2 aromatic rings. The fourth-order valence-electron chi connectivity index (χ4n) is 2.54. The van der Waals surface area contributed by atoms with E-state index in [0.717, 1.165) is 10.9 Å². The molecule has 2 aromatic heterocycles. The molecule has 23 heavy (non-hydrogen) atoms. The van der Waals surface area contributed by atoms with E-state index in [1.807, 2.05) is 6.07 Å². The highest BCUT2D eigenvalue weighted by atomic mass is 79.9. The van der Waals surface area contributed by atoms with Gasteiger partial charge >= 0.3 is 0 Å². The number of aromatic nitrogens is 2.